The summed E-state index contributed by atoms with van der Waals surface area (Å²) >= 11 is 0. The summed E-state index contributed by atoms with van der Waals surface area (Å²) in [6.07, 6.45) is 5.49. The van der Waals surface area contributed by atoms with Crippen molar-refractivity contribution in [3.63, 3.8) is 0 Å². The van der Waals surface area contributed by atoms with Crippen LogP contribution in [0.1, 0.15) is 43.2 Å². The van der Waals surface area contributed by atoms with E-state index >= 15 is 0 Å². The van der Waals surface area contributed by atoms with E-state index in [0.29, 0.717) is 30.9 Å². The van der Waals surface area contributed by atoms with E-state index in [4.69, 9.17) is 23.7 Å². The maximum atomic E-state index is 14.2. The number of rotatable bonds is 8. The molecule has 3 aliphatic rings. The van der Waals surface area contributed by atoms with Crippen LogP contribution in [0.3, 0.4) is 0 Å². The number of aliphatic hydroxyl groups is 1. The van der Waals surface area contributed by atoms with Crippen LogP contribution in [-0.2, 0) is 42.0 Å². The third kappa shape index (κ3) is 8.84. The van der Waals surface area contributed by atoms with Gasteiger partial charge in [-0.2, -0.15) is 4.31 Å². The quantitative estimate of drug-likeness (QED) is 0.412. The Morgan fingerprint density at radius 3 is 2.78 bits per heavy atom. The van der Waals surface area contributed by atoms with Gasteiger partial charge in [0.1, 0.15) is 11.9 Å². The number of methoxy groups -OCH3 is 1. The number of carbonyl (C=O) groups excluding carboxylic acids is 1. The summed E-state index contributed by atoms with van der Waals surface area (Å²) < 4.78 is 57.8. The summed E-state index contributed by atoms with van der Waals surface area (Å²) in [4.78, 5) is 13.2. The second kappa shape index (κ2) is 16.0. The molecule has 2 aromatic rings. The van der Waals surface area contributed by atoms with Crippen LogP contribution < -0.4 is 10.1 Å². The van der Waals surface area contributed by atoms with E-state index < -0.39 is 34.4 Å². The van der Waals surface area contributed by atoms with Crippen molar-refractivity contribution < 1.29 is 42.0 Å². The third-order valence-electron chi connectivity index (χ3n) is 8.50. The predicted octanol–water partition coefficient (Wildman–Crippen LogP) is 3.79. The number of β-amino-alcohol motifs (C(OH)–C–C–N with tert-alkyl or cyclic N) is 1. The molecule has 0 unspecified atom stereocenters. The summed E-state index contributed by atoms with van der Waals surface area (Å²) in [7, 11) is -2.55. The predicted molar refractivity (Wildman–Crippen MR) is 166 cm³/mol. The zero-order valence-electron chi connectivity index (χ0n) is 25.7. The Labute approximate surface area is 265 Å². The highest BCUT2D eigenvalue weighted by Gasteiger charge is 2.44. The molecule has 5 rings (SSSR count). The normalized spacial score (nSPS) is 26.0. The highest BCUT2D eigenvalue weighted by Crippen LogP contribution is 2.33. The van der Waals surface area contributed by atoms with Gasteiger partial charge in [0.15, 0.2) is 6.29 Å². The summed E-state index contributed by atoms with van der Waals surface area (Å²) in [6, 6.07) is 13.4. The Morgan fingerprint density at radius 2 is 1.96 bits per heavy atom. The van der Waals surface area contributed by atoms with Crippen LogP contribution in [0.5, 0.6) is 5.75 Å². The molecule has 0 radical (unpaired) electrons. The molecule has 45 heavy (non-hydrogen) atoms. The van der Waals surface area contributed by atoms with Crippen molar-refractivity contribution in [3.05, 3.63) is 71.8 Å². The van der Waals surface area contributed by atoms with Gasteiger partial charge < -0.3 is 34.1 Å². The number of fused-ring (bicyclic) bond motifs is 2. The van der Waals surface area contributed by atoms with Gasteiger partial charge in [-0.1, -0.05) is 48.9 Å². The summed E-state index contributed by atoms with van der Waals surface area (Å²) in [5.41, 5.74) is 1.34. The number of nitrogens with zero attached hydrogens (tertiary/aromatic N) is 1. The van der Waals surface area contributed by atoms with E-state index in [1.54, 1.807) is 12.1 Å². The van der Waals surface area contributed by atoms with Gasteiger partial charge in [-0.25, -0.2) is 13.2 Å². The van der Waals surface area contributed by atoms with Gasteiger partial charge >= 0.3 is 6.09 Å². The van der Waals surface area contributed by atoms with Crippen molar-refractivity contribution in [1.29, 1.82) is 0 Å². The molecule has 0 spiro atoms. The molecule has 2 fully saturated rings. The van der Waals surface area contributed by atoms with Gasteiger partial charge in [-0.15, -0.1) is 0 Å². The minimum absolute atomic E-state index is 0.0348. The molecule has 0 aliphatic carbocycles. The van der Waals surface area contributed by atoms with Gasteiger partial charge in [-0.3, -0.25) is 0 Å². The lowest BCUT2D eigenvalue weighted by Crippen LogP contribution is -2.51. The highest BCUT2D eigenvalue weighted by atomic mass is 32.2. The first kappa shape index (κ1) is 33.4. The van der Waals surface area contributed by atoms with Crippen molar-refractivity contribution in [2.45, 2.75) is 74.6 Å². The maximum absolute atomic E-state index is 14.2. The first-order valence-electron chi connectivity index (χ1n) is 15.7. The second-order valence-electron chi connectivity index (χ2n) is 11.6. The number of benzene rings is 2. The van der Waals surface area contributed by atoms with E-state index in [1.807, 2.05) is 36.4 Å². The average molecular weight is 645 g/mol. The number of aliphatic hydroxyl groups excluding tert-OH is 1. The smallest absolute Gasteiger partial charge is 0.407 e. The van der Waals surface area contributed by atoms with Gasteiger partial charge in [0.05, 0.1) is 56.5 Å². The van der Waals surface area contributed by atoms with Crippen LogP contribution in [0.15, 0.2) is 65.6 Å². The molecular weight excluding hydrogens is 600 g/mol. The Kier molecular flexibility index (Phi) is 11.9. The third-order valence-corrected chi connectivity index (χ3v) is 10.5. The lowest BCUT2D eigenvalue weighted by molar-refractivity contribution is -0.0907. The fraction of sp³-hybridized carbons (Fsp3) is 0.545. The largest absolute Gasteiger partial charge is 0.497 e. The molecular formula is C33H44N2O9S. The zero-order chi connectivity index (χ0) is 31.6. The fourth-order valence-electron chi connectivity index (χ4n) is 6.00. The van der Waals surface area contributed by atoms with Crippen LogP contribution in [0.4, 0.5) is 4.79 Å². The zero-order valence-corrected chi connectivity index (χ0v) is 26.5. The Morgan fingerprint density at radius 1 is 1.11 bits per heavy atom. The number of allylic oxidation sites excluding steroid dienone is 1. The summed E-state index contributed by atoms with van der Waals surface area (Å²) in [6.45, 7) is 1.22. The number of nitrogens with one attached hydrogen (secondary N) is 1. The lowest BCUT2D eigenvalue weighted by Gasteiger charge is -2.30. The summed E-state index contributed by atoms with van der Waals surface area (Å²) in [5, 5.41) is 14.5. The number of carbonyl (C=O) groups is 1. The van der Waals surface area contributed by atoms with E-state index in [2.05, 4.69) is 11.4 Å². The van der Waals surface area contributed by atoms with Gasteiger partial charge in [-0.05, 0) is 55.9 Å². The first-order chi connectivity index (χ1) is 21.8. The number of amides is 1. The number of alkyl carbamates (subject to hydrolysis) is 1. The van der Waals surface area contributed by atoms with Crippen LogP contribution in [0, 0.1) is 5.92 Å². The lowest BCUT2D eigenvalue weighted by atomic mass is 10.0. The van der Waals surface area contributed by atoms with Crippen molar-refractivity contribution in [3.8, 4) is 5.75 Å². The van der Waals surface area contributed by atoms with Crippen molar-refractivity contribution >= 4 is 16.1 Å². The molecule has 2 N–H and O–H groups in total. The monoisotopic (exact) mass is 644 g/mol. The average Bonchev–Trinajstić information content (AvgIpc) is 3.66. The van der Waals surface area contributed by atoms with Crippen LogP contribution in [-0.4, -0.2) is 88.5 Å². The van der Waals surface area contributed by atoms with Crippen LogP contribution >= 0.6 is 0 Å². The van der Waals surface area contributed by atoms with Gasteiger partial charge in [0.25, 0.3) is 0 Å². The fourth-order valence-corrected chi connectivity index (χ4v) is 7.69. The minimum atomic E-state index is -4.07. The standard InChI is InChI=1S/C33H44N2O9S/c1-40-26-13-14-31-25(20-26)22-41-17-10-5-3-2-4-9-16-35(45(31,38)39)21-29(36)28(19-24-11-7-6-8-12-24)34-33(37)44-30-23-43-32-27(30)15-18-42-32/h5-8,10-14,20,27-30,32,36H,2-4,9,15-19,21-23H2,1H3,(H,34,37)/b10-5-/t27-,28-,29+,30-,32+/m0/s1. The number of hydrogen-bond donors (Lipinski definition) is 2. The van der Waals surface area contributed by atoms with Gasteiger partial charge in [0, 0.05) is 18.7 Å². The van der Waals surface area contributed by atoms with E-state index in [1.165, 1.54) is 17.5 Å². The van der Waals surface area contributed by atoms with Crippen LogP contribution in [0.25, 0.3) is 0 Å². The number of sulfonamides is 1. The minimum Gasteiger partial charge on any atom is -0.497 e. The molecule has 12 heteroatoms. The topological polar surface area (TPSA) is 133 Å². The van der Waals surface area contributed by atoms with E-state index in [0.717, 1.165) is 31.2 Å². The molecule has 2 aromatic carbocycles. The van der Waals surface area contributed by atoms with Crippen molar-refractivity contribution in [2.24, 2.45) is 5.92 Å². The Hall–Kier alpha value is -3.00. The molecule has 3 heterocycles. The van der Waals surface area contributed by atoms with Crippen molar-refractivity contribution in [1.82, 2.24) is 9.62 Å². The molecule has 2 saturated heterocycles. The number of ether oxygens (including phenoxy) is 5. The van der Waals surface area contributed by atoms with Gasteiger partial charge in [0.2, 0.25) is 10.0 Å². The molecule has 246 valence electrons. The molecule has 0 aromatic heterocycles. The highest BCUT2D eigenvalue weighted by molar-refractivity contribution is 7.89. The van der Waals surface area contributed by atoms with E-state index in [9.17, 15) is 18.3 Å². The van der Waals surface area contributed by atoms with Crippen LogP contribution in [0.2, 0.25) is 0 Å². The molecule has 1 amide bonds. The maximum Gasteiger partial charge on any atom is 0.407 e. The van der Waals surface area contributed by atoms with Crippen molar-refractivity contribution in [2.75, 3.05) is 40.0 Å². The molecule has 5 atom stereocenters. The molecule has 0 bridgehead atoms. The summed E-state index contributed by atoms with van der Waals surface area (Å²) in [5.74, 6) is 0.483. The number of hydrogen-bond acceptors (Lipinski definition) is 9. The Balaban J connectivity index is 1.37. The SMILES string of the molecule is COc1ccc2c(c1)COC/C=C\CCCCCN(C[C@@H](O)[C@H](Cc1ccccc1)NC(=O)O[C@H]1CO[C@H]3OCC[C@H]31)S2(=O)=O. The second-order valence-corrected chi connectivity index (χ2v) is 13.6. The Bertz CT molecular complexity index is 1390. The molecule has 0 saturated carbocycles. The molecule has 11 nitrogen and oxygen atoms in total. The first-order valence-corrected chi connectivity index (χ1v) is 17.1. The van der Waals surface area contributed by atoms with E-state index in [-0.39, 0.29) is 49.8 Å². The molecule has 3 aliphatic heterocycles.